The van der Waals surface area contributed by atoms with E-state index in [1.54, 1.807) is 0 Å². The largest absolute Gasteiger partial charge is 0.384 e. The molecule has 0 aromatic heterocycles. The van der Waals surface area contributed by atoms with Crippen molar-refractivity contribution >= 4 is 5.84 Å². The number of nitrogen functional groups attached to an aromatic ring is 1. The number of benzene rings is 1. The Balaban J connectivity index is 1.81. The van der Waals surface area contributed by atoms with Gasteiger partial charge < -0.3 is 15.2 Å². The van der Waals surface area contributed by atoms with Crippen molar-refractivity contribution in [3.63, 3.8) is 0 Å². The molecule has 4 nitrogen and oxygen atoms in total. The normalized spacial score (nSPS) is 19.4. The summed E-state index contributed by atoms with van der Waals surface area (Å²) < 4.78 is 11.1. The lowest BCUT2D eigenvalue weighted by atomic mass is 10.1. The minimum absolute atomic E-state index is 0.0889. The molecule has 4 heteroatoms. The van der Waals surface area contributed by atoms with Crippen molar-refractivity contribution in [1.82, 2.24) is 0 Å². The third-order valence-corrected chi connectivity index (χ3v) is 2.83. The number of hydrogen-bond donors (Lipinski definition) is 2. The summed E-state index contributed by atoms with van der Waals surface area (Å²) in [5.74, 6) is 0.0889. The number of nitrogens with two attached hydrogens (primary N) is 1. The van der Waals surface area contributed by atoms with E-state index in [1.807, 2.05) is 24.3 Å². The highest BCUT2D eigenvalue weighted by molar-refractivity contribution is 5.95. The molecular formula is C13H18N2O2. The van der Waals surface area contributed by atoms with Crippen molar-refractivity contribution in [1.29, 1.82) is 5.41 Å². The standard InChI is InChI=1S/C13H18N2O2/c14-13(15)11-4-1-3-10(7-11)8-16-9-12-5-2-6-17-12/h1,3-4,7,12H,2,5-6,8-9H2,(H3,14,15). The molecule has 1 atom stereocenters. The molecule has 0 amide bonds. The van der Waals surface area contributed by atoms with E-state index in [0.29, 0.717) is 13.2 Å². The Morgan fingerprint density at radius 3 is 3.12 bits per heavy atom. The van der Waals surface area contributed by atoms with Gasteiger partial charge in [0.1, 0.15) is 5.84 Å². The molecule has 1 aliphatic heterocycles. The molecule has 1 saturated heterocycles. The molecule has 1 heterocycles. The molecule has 0 aliphatic carbocycles. The molecule has 1 aromatic carbocycles. The summed E-state index contributed by atoms with van der Waals surface area (Å²) in [6.45, 7) is 2.04. The van der Waals surface area contributed by atoms with Crippen LogP contribution in [0.1, 0.15) is 24.0 Å². The van der Waals surface area contributed by atoms with Gasteiger partial charge in [0.15, 0.2) is 0 Å². The molecule has 1 aliphatic rings. The van der Waals surface area contributed by atoms with E-state index in [0.717, 1.165) is 30.6 Å². The molecule has 92 valence electrons. The predicted molar refractivity (Wildman–Crippen MR) is 66.1 cm³/mol. The maximum atomic E-state index is 7.36. The average Bonchev–Trinajstić information content (AvgIpc) is 2.82. The van der Waals surface area contributed by atoms with Gasteiger partial charge in [0.05, 0.1) is 19.3 Å². The van der Waals surface area contributed by atoms with Crippen LogP contribution in [-0.2, 0) is 16.1 Å². The topological polar surface area (TPSA) is 68.3 Å². The molecule has 1 fully saturated rings. The quantitative estimate of drug-likeness (QED) is 0.601. The van der Waals surface area contributed by atoms with Crippen LogP contribution in [-0.4, -0.2) is 25.2 Å². The SMILES string of the molecule is N=C(N)c1cccc(COCC2CCCO2)c1. The van der Waals surface area contributed by atoms with Gasteiger partial charge in [-0.05, 0) is 24.5 Å². The second-order valence-electron chi connectivity index (χ2n) is 4.26. The molecule has 17 heavy (non-hydrogen) atoms. The number of ether oxygens (including phenoxy) is 2. The van der Waals surface area contributed by atoms with Gasteiger partial charge >= 0.3 is 0 Å². The van der Waals surface area contributed by atoms with E-state index in [-0.39, 0.29) is 11.9 Å². The van der Waals surface area contributed by atoms with Gasteiger partial charge in [-0.1, -0.05) is 18.2 Å². The van der Waals surface area contributed by atoms with Gasteiger partial charge in [0, 0.05) is 12.2 Å². The molecule has 0 saturated carbocycles. The Kier molecular flexibility index (Phi) is 4.12. The van der Waals surface area contributed by atoms with Gasteiger partial charge in [0.25, 0.3) is 0 Å². The second kappa shape index (κ2) is 5.80. The van der Waals surface area contributed by atoms with Crippen LogP contribution in [0.2, 0.25) is 0 Å². The van der Waals surface area contributed by atoms with E-state index >= 15 is 0 Å². The zero-order valence-electron chi connectivity index (χ0n) is 9.82. The lowest BCUT2D eigenvalue weighted by Crippen LogP contribution is -2.14. The average molecular weight is 234 g/mol. The Morgan fingerprint density at radius 1 is 1.53 bits per heavy atom. The van der Waals surface area contributed by atoms with Crippen molar-refractivity contribution in [2.45, 2.75) is 25.6 Å². The minimum atomic E-state index is 0.0889. The molecule has 1 unspecified atom stereocenters. The molecular weight excluding hydrogens is 216 g/mol. The minimum Gasteiger partial charge on any atom is -0.384 e. The van der Waals surface area contributed by atoms with E-state index in [9.17, 15) is 0 Å². The van der Waals surface area contributed by atoms with Crippen LogP contribution in [0.5, 0.6) is 0 Å². The fourth-order valence-corrected chi connectivity index (χ4v) is 1.91. The lowest BCUT2D eigenvalue weighted by Gasteiger charge is -2.10. The Labute approximate surface area is 101 Å². The maximum absolute atomic E-state index is 7.36. The van der Waals surface area contributed by atoms with Crippen molar-refractivity contribution in [3.8, 4) is 0 Å². The maximum Gasteiger partial charge on any atom is 0.122 e. The Morgan fingerprint density at radius 2 is 2.41 bits per heavy atom. The number of hydrogen-bond acceptors (Lipinski definition) is 3. The highest BCUT2D eigenvalue weighted by Gasteiger charge is 2.15. The summed E-state index contributed by atoms with van der Waals surface area (Å²) in [7, 11) is 0. The van der Waals surface area contributed by atoms with Crippen molar-refractivity contribution in [3.05, 3.63) is 35.4 Å². The second-order valence-corrected chi connectivity index (χ2v) is 4.26. The van der Waals surface area contributed by atoms with Crippen LogP contribution in [0.3, 0.4) is 0 Å². The van der Waals surface area contributed by atoms with Crippen LogP contribution in [0.15, 0.2) is 24.3 Å². The monoisotopic (exact) mass is 234 g/mol. The Hall–Kier alpha value is -1.39. The van der Waals surface area contributed by atoms with E-state index < -0.39 is 0 Å². The third-order valence-electron chi connectivity index (χ3n) is 2.83. The predicted octanol–water partition coefficient (Wildman–Crippen LogP) is 1.67. The molecule has 0 radical (unpaired) electrons. The lowest BCUT2D eigenvalue weighted by molar-refractivity contribution is 0.0106. The highest BCUT2D eigenvalue weighted by Crippen LogP contribution is 2.13. The summed E-state index contributed by atoms with van der Waals surface area (Å²) in [5, 5.41) is 7.36. The summed E-state index contributed by atoms with van der Waals surface area (Å²) in [6.07, 6.45) is 2.48. The summed E-state index contributed by atoms with van der Waals surface area (Å²) in [5.41, 5.74) is 7.21. The fraction of sp³-hybridized carbons (Fsp3) is 0.462. The summed E-state index contributed by atoms with van der Waals surface area (Å²) in [6, 6.07) is 7.58. The van der Waals surface area contributed by atoms with E-state index in [1.165, 1.54) is 0 Å². The van der Waals surface area contributed by atoms with Gasteiger partial charge in [0.2, 0.25) is 0 Å². The Bertz CT molecular complexity index is 387. The first-order valence-corrected chi connectivity index (χ1v) is 5.88. The fourth-order valence-electron chi connectivity index (χ4n) is 1.91. The van der Waals surface area contributed by atoms with Crippen LogP contribution >= 0.6 is 0 Å². The first-order chi connectivity index (χ1) is 8.25. The molecule has 0 spiro atoms. The molecule has 0 bridgehead atoms. The van der Waals surface area contributed by atoms with E-state index in [4.69, 9.17) is 20.6 Å². The van der Waals surface area contributed by atoms with Crippen LogP contribution in [0.4, 0.5) is 0 Å². The number of nitrogens with one attached hydrogen (secondary N) is 1. The highest BCUT2D eigenvalue weighted by atomic mass is 16.5. The van der Waals surface area contributed by atoms with Crippen LogP contribution in [0, 0.1) is 5.41 Å². The summed E-state index contributed by atoms with van der Waals surface area (Å²) in [4.78, 5) is 0. The third kappa shape index (κ3) is 3.54. The van der Waals surface area contributed by atoms with Crippen molar-refractivity contribution < 1.29 is 9.47 Å². The van der Waals surface area contributed by atoms with Gasteiger partial charge in [-0.3, -0.25) is 5.41 Å². The smallest absolute Gasteiger partial charge is 0.122 e. The van der Waals surface area contributed by atoms with Crippen LogP contribution in [0.25, 0.3) is 0 Å². The van der Waals surface area contributed by atoms with Crippen molar-refractivity contribution in [2.24, 2.45) is 5.73 Å². The first-order valence-electron chi connectivity index (χ1n) is 5.88. The van der Waals surface area contributed by atoms with Gasteiger partial charge in [-0.2, -0.15) is 0 Å². The van der Waals surface area contributed by atoms with Gasteiger partial charge in [-0.15, -0.1) is 0 Å². The number of amidine groups is 1. The zero-order chi connectivity index (χ0) is 12.1. The van der Waals surface area contributed by atoms with E-state index in [2.05, 4.69) is 0 Å². The first kappa shape index (κ1) is 12.1. The zero-order valence-corrected chi connectivity index (χ0v) is 9.82. The molecule has 3 N–H and O–H groups in total. The van der Waals surface area contributed by atoms with Gasteiger partial charge in [-0.25, -0.2) is 0 Å². The molecule has 2 rings (SSSR count). The summed E-state index contributed by atoms with van der Waals surface area (Å²) >= 11 is 0. The molecule has 1 aromatic rings. The van der Waals surface area contributed by atoms with Crippen LogP contribution < -0.4 is 5.73 Å². The number of rotatable bonds is 5. The van der Waals surface area contributed by atoms with Crippen molar-refractivity contribution in [2.75, 3.05) is 13.2 Å².